The highest BCUT2D eigenvalue weighted by Crippen LogP contribution is 2.22. The van der Waals surface area contributed by atoms with E-state index in [0.29, 0.717) is 6.54 Å². The maximum absolute atomic E-state index is 12.8. The highest BCUT2D eigenvalue weighted by molar-refractivity contribution is 7.16. The van der Waals surface area contributed by atoms with Crippen LogP contribution in [-0.2, 0) is 17.8 Å². The van der Waals surface area contributed by atoms with Gasteiger partial charge in [-0.3, -0.25) is 14.6 Å². The van der Waals surface area contributed by atoms with Crippen LogP contribution in [0.25, 0.3) is 0 Å². The van der Waals surface area contributed by atoms with E-state index < -0.39 is 0 Å². The molecule has 174 valence electrons. The van der Waals surface area contributed by atoms with Crippen molar-refractivity contribution in [3.63, 3.8) is 0 Å². The van der Waals surface area contributed by atoms with E-state index in [0.717, 1.165) is 82.0 Å². The zero-order valence-corrected chi connectivity index (χ0v) is 20.4. The summed E-state index contributed by atoms with van der Waals surface area (Å²) in [5.74, 6) is 1.20. The van der Waals surface area contributed by atoms with Crippen LogP contribution in [-0.4, -0.2) is 98.1 Å². The molecule has 1 amide bonds. The number of methoxy groups -OCH3 is 1. The molecule has 2 aromatic rings. The summed E-state index contributed by atoms with van der Waals surface area (Å²) in [6.07, 6.45) is 1.05. The van der Waals surface area contributed by atoms with E-state index in [2.05, 4.69) is 32.9 Å². The topological polar surface area (TPSA) is 39.3 Å². The first-order chi connectivity index (χ1) is 15.6. The molecule has 2 saturated heterocycles. The zero-order valence-electron chi connectivity index (χ0n) is 18.8. The highest BCUT2D eigenvalue weighted by atomic mass is 35.5. The molecule has 0 radical (unpaired) electrons. The van der Waals surface area contributed by atoms with Gasteiger partial charge in [0.15, 0.2) is 0 Å². The Kier molecular flexibility index (Phi) is 8.43. The van der Waals surface area contributed by atoms with Crippen molar-refractivity contribution in [2.45, 2.75) is 13.0 Å². The van der Waals surface area contributed by atoms with Gasteiger partial charge in [-0.2, -0.15) is 0 Å². The van der Waals surface area contributed by atoms with Crippen LogP contribution in [0.5, 0.6) is 5.75 Å². The largest absolute Gasteiger partial charge is 0.496 e. The Morgan fingerprint density at radius 2 is 1.62 bits per heavy atom. The summed E-state index contributed by atoms with van der Waals surface area (Å²) in [5.41, 5.74) is 1.20. The third-order valence-corrected chi connectivity index (χ3v) is 7.73. The molecule has 1 aromatic carbocycles. The number of amides is 1. The molecule has 0 aliphatic carbocycles. The fourth-order valence-electron chi connectivity index (χ4n) is 4.45. The second-order valence-corrected chi connectivity index (χ2v) is 10.3. The second-order valence-electron chi connectivity index (χ2n) is 8.54. The summed E-state index contributed by atoms with van der Waals surface area (Å²) < 4.78 is 6.34. The fourth-order valence-corrected chi connectivity index (χ4v) is 5.52. The Hall–Kier alpha value is -1.64. The summed E-state index contributed by atoms with van der Waals surface area (Å²) >= 11 is 7.70. The van der Waals surface area contributed by atoms with Gasteiger partial charge in [-0.15, -0.1) is 11.3 Å². The molecule has 1 aromatic heterocycles. The minimum Gasteiger partial charge on any atom is -0.496 e. The number of rotatable bonds is 8. The van der Waals surface area contributed by atoms with Crippen LogP contribution in [0, 0.1) is 0 Å². The van der Waals surface area contributed by atoms with Gasteiger partial charge < -0.3 is 14.5 Å². The Bertz CT molecular complexity index is 876. The molecule has 2 aliphatic rings. The number of para-hydroxylation sites is 1. The molecule has 8 heteroatoms. The second kappa shape index (κ2) is 11.5. The van der Waals surface area contributed by atoms with E-state index in [4.69, 9.17) is 16.3 Å². The lowest BCUT2D eigenvalue weighted by Gasteiger charge is -2.38. The molecule has 0 unspecified atom stereocenters. The van der Waals surface area contributed by atoms with Crippen molar-refractivity contribution in [3.05, 3.63) is 51.2 Å². The van der Waals surface area contributed by atoms with Crippen LogP contribution in [0.3, 0.4) is 0 Å². The number of benzene rings is 1. The molecule has 0 atom stereocenters. The first-order valence-electron chi connectivity index (χ1n) is 11.4. The van der Waals surface area contributed by atoms with Crippen LogP contribution in [0.2, 0.25) is 4.34 Å². The van der Waals surface area contributed by atoms with E-state index >= 15 is 0 Å². The summed E-state index contributed by atoms with van der Waals surface area (Å²) in [6, 6.07) is 12.3. The Balaban J connectivity index is 1.15. The summed E-state index contributed by atoms with van der Waals surface area (Å²) in [4.78, 5) is 23.4. The minimum absolute atomic E-state index is 0.267. The molecule has 0 bridgehead atoms. The van der Waals surface area contributed by atoms with Crippen molar-refractivity contribution < 1.29 is 9.53 Å². The van der Waals surface area contributed by atoms with Crippen LogP contribution in [0.15, 0.2) is 36.4 Å². The van der Waals surface area contributed by atoms with E-state index in [1.807, 2.05) is 23.1 Å². The fraction of sp³-hybridized carbons (Fsp3) is 0.542. The number of carbonyl (C=O) groups excluding carboxylic acids is 1. The van der Waals surface area contributed by atoms with Crippen molar-refractivity contribution in [2.24, 2.45) is 0 Å². The number of piperazine rings is 2. The number of carbonyl (C=O) groups is 1. The van der Waals surface area contributed by atoms with Crippen molar-refractivity contribution in [1.29, 1.82) is 0 Å². The quantitative estimate of drug-likeness (QED) is 0.585. The van der Waals surface area contributed by atoms with Gasteiger partial charge in [-0.05, 0) is 24.6 Å². The molecule has 2 aliphatic heterocycles. The molecular weight excluding hydrogens is 444 g/mol. The third-order valence-electron chi connectivity index (χ3n) is 6.44. The van der Waals surface area contributed by atoms with Crippen LogP contribution >= 0.6 is 22.9 Å². The van der Waals surface area contributed by atoms with E-state index in [9.17, 15) is 4.79 Å². The van der Waals surface area contributed by atoms with Gasteiger partial charge in [0.1, 0.15) is 5.75 Å². The summed E-state index contributed by atoms with van der Waals surface area (Å²) in [5, 5.41) is 0. The van der Waals surface area contributed by atoms with Gasteiger partial charge >= 0.3 is 0 Å². The van der Waals surface area contributed by atoms with E-state index in [-0.39, 0.29) is 5.91 Å². The number of thiophene rings is 1. The van der Waals surface area contributed by atoms with Crippen LogP contribution in [0.1, 0.15) is 10.4 Å². The van der Waals surface area contributed by atoms with Crippen LogP contribution in [0.4, 0.5) is 0 Å². The lowest BCUT2D eigenvalue weighted by molar-refractivity contribution is -0.134. The van der Waals surface area contributed by atoms with Crippen molar-refractivity contribution >= 4 is 28.8 Å². The van der Waals surface area contributed by atoms with Gasteiger partial charge in [0, 0.05) is 75.9 Å². The number of ether oxygens (including phenoxy) is 1. The predicted octanol–water partition coefficient (Wildman–Crippen LogP) is 2.91. The standard InChI is InChI=1S/C24H33ClN4O2S/c1-31-22-5-3-2-4-20(22)18-27-14-16-29(17-15-27)24(30)19-28-12-10-26(11-13-28)9-8-21-6-7-23(25)32-21/h2-7H,8-19H2,1H3. The molecule has 32 heavy (non-hydrogen) atoms. The number of hydrogen-bond acceptors (Lipinski definition) is 6. The van der Waals surface area contributed by atoms with Gasteiger partial charge in [0.05, 0.1) is 18.0 Å². The Labute approximate surface area is 200 Å². The third kappa shape index (κ3) is 6.45. The summed E-state index contributed by atoms with van der Waals surface area (Å²) in [6.45, 7) is 9.87. The molecule has 0 N–H and O–H groups in total. The molecule has 6 nitrogen and oxygen atoms in total. The Morgan fingerprint density at radius 1 is 0.938 bits per heavy atom. The van der Waals surface area contributed by atoms with Gasteiger partial charge in [0.25, 0.3) is 0 Å². The van der Waals surface area contributed by atoms with E-state index in [1.54, 1.807) is 18.4 Å². The molecule has 2 fully saturated rings. The average Bonchev–Trinajstić information content (AvgIpc) is 3.24. The average molecular weight is 477 g/mol. The SMILES string of the molecule is COc1ccccc1CN1CCN(C(=O)CN2CCN(CCc3ccc(Cl)s3)CC2)CC1. The lowest BCUT2D eigenvalue weighted by atomic mass is 10.1. The Morgan fingerprint density at radius 3 is 2.31 bits per heavy atom. The number of hydrogen-bond donors (Lipinski definition) is 0. The minimum atomic E-state index is 0.267. The number of halogens is 1. The molecule has 0 saturated carbocycles. The van der Waals surface area contributed by atoms with Gasteiger partial charge in [0.2, 0.25) is 5.91 Å². The normalized spacial score (nSPS) is 18.8. The van der Waals surface area contributed by atoms with E-state index in [1.165, 1.54) is 10.4 Å². The van der Waals surface area contributed by atoms with Crippen molar-refractivity contribution in [3.8, 4) is 5.75 Å². The molecule has 4 rings (SSSR count). The van der Waals surface area contributed by atoms with Crippen molar-refractivity contribution in [2.75, 3.05) is 72.6 Å². The predicted molar refractivity (Wildman–Crippen MR) is 131 cm³/mol. The maximum atomic E-state index is 12.8. The maximum Gasteiger partial charge on any atom is 0.236 e. The van der Waals surface area contributed by atoms with Gasteiger partial charge in [-0.25, -0.2) is 0 Å². The first kappa shape index (κ1) is 23.5. The smallest absolute Gasteiger partial charge is 0.236 e. The molecule has 3 heterocycles. The lowest BCUT2D eigenvalue weighted by Crippen LogP contribution is -2.53. The van der Waals surface area contributed by atoms with Crippen molar-refractivity contribution in [1.82, 2.24) is 19.6 Å². The highest BCUT2D eigenvalue weighted by Gasteiger charge is 2.25. The summed E-state index contributed by atoms with van der Waals surface area (Å²) in [7, 11) is 1.72. The monoisotopic (exact) mass is 476 g/mol. The first-order valence-corrected chi connectivity index (χ1v) is 12.6. The molecule has 0 spiro atoms. The van der Waals surface area contributed by atoms with Gasteiger partial charge in [-0.1, -0.05) is 29.8 Å². The number of nitrogens with zero attached hydrogens (tertiary/aromatic N) is 4. The zero-order chi connectivity index (χ0) is 22.3. The molecular formula is C24H33ClN4O2S. The van der Waals surface area contributed by atoms with Crippen LogP contribution < -0.4 is 4.74 Å².